The molecule has 0 saturated carbocycles. The van der Waals surface area contributed by atoms with Gasteiger partial charge in [-0.2, -0.15) is 9.67 Å². The van der Waals surface area contributed by atoms with Gasteiger partial charge < -0.3 is 20.5 Å². The van der Waals surface area contributed by atoms with Crippen molar-refractivity contribution in [2.24, 2.45) is 0 Å². The second kappa shape index (κ2) is 10.4. The van der Waals surface area contributed by atoms with E-state index in [9.17, 15) is 4.79 Å². The van der Waals surface area contributed by atoms with Gasteiger partial charge in [0.05, 0.1) is 6.10 Å². The molecule has 4 rings (SSSR count). The molecule has 33 heavy (non-hydrogen) atoms. The lowest BCUT2D eigenvalue weighted by Crippen LogP contribution is -2.25. The number of nitrogen functional groups attached to an aromatic ring is 1. The van der Waals surface area contributed by atoms with E-state index >= 15 is 0 Å². The molecule has 0 unspecified atom stereocenters. The molecular weight excluding hydrogens is 420 g/mol. The first-order valence-electron chi connectivity index (χ1n) is 11.2. The lowest BCUT2D eigenvalue weighted by Gasteiger charge is -2.15. The number of hydrogen-bond acceptors (Lipinski definition) is 8. The second-order valence-electron chi connectivity index (χ2n) is 8.25. The third kappa shape index (κ3) is 6.01. The summed E-state index contributed by atoms with van der Waals surface area (Å²) in [5.41, 5.74) is 7.14. The van der Waals surface area contributed by atoms with Crippen molar-refractivity contribution in [2.45, 2.75) is 32.8 Å². The monoisotopic (exact) mass is 450 g/mol. The van der Waals surface area contributed by atoms with Crippen molar-refractivity contribution in [3.05, 3.63) is 54.1 Å². The molecular formula is C24H30N6O3. The third-order valence-corrected chi connectivity index (χ3v) is 5.28. The smallest absolute Gasteiger partial charge is 0.281 e. The number of carbonyl (C=O) groups is 1. The van der Waals surface area contributed by atoms with Crippen LogP contribution in [0.3, 0.4) is 0 Å². The number of nitrogens with one attached hydrogen (secondary N) is 1. The van der Waals surface area contributed by atoms with E-state index in [0.29, 0.717) is 17.9 Å². The zero-order valence-electron chi connectivity index (χ0n) is 19.0. The molecule has 0 atom stereocenters. The van der Waals surface area contributed by atoms with Crippen LogP contribution < -0.4 is 20.5 Å². The van der Waals surface area contributed by atoms with Gasteiger partial charge in [-0.25, -0.2) is 0 Å². The van der Waals surface area contributed by atoms with Crippen molar-refractivity contribution in [1.29, 1.82) is 0 Å². The summed E-state index contributed by atoms with van der Waals surface area (Å²) in [5, 5.41) is 7.29. The number of nitrogens with zero attached hydrogens (tertiary/aromatic N) is 4. The number of ether oxygens (including phenoxy) is 2. The lowest BCUT2D eigenvalue weighted by molar-refractivity contribution is 0.0948. The molecule has 2 aromatic carbocycles. The van der Waals surface area contributed by atoms with Gasteiger partial charge in [-0.05, 0) is 88.3 Å². The van der Waals surface area contributed by atoms with E-state index in [1.807, 2.05) is 38.1 Å². The van der Waals surface area contributed by atoms with Gasteiger partial charge in [0.25, 0.3) is 5.91 Å². The minimum atomic E-state index is -0.370. The van der Waals surface area contributed by atoms with Crippen LogP contribution >= 0.6 is 0 Å². The van der Waals surface area contributed by atoms with Crippen molar-refractivity contribution in [3.63, 3.8) is 0 Å². The van der Waals surface area contributed by atoms with E-state index in [2.05, 4.69) is 20.3 Å². The first-order valence-corrected chi connectivity index (χ1v) is 11.2. The molecule has 1 aliphatic rings. The Morgan fingerprint density at radius 2 is 1.73 bits per heavy atom. The highest BCUT2D eigenvalue weighted by atomic mass is 16.5. The molecule has 2 heterocycles. The van der Waals surface area contributed by atoms with Crippen LogP contribution in [-0.2, 0) is 0 Å². The van der Waals surface area contributed by atoms with Crippen molar-refractivity contribution in [2.75, 3.05) is 37.3 Å². The van der Waals surface area contributed by atoms with Gasteiger partial charge in [0.15, 0.2) is 0 Å². The Kier molecular flexibility index (Phi) is 7.09. The zero-order valence-corrected chi connectivity index (χ0v) is 19.0. The van der Waals surface area contributed by atoms with Crippen molar-refractivity contribution >= 4 is 23.5 Å². The Hall–Kier alpha value is -3.59. The van der Waals surface area contributed by atoms with Crippen molar-refractivity contribution in [1.82, 2.24) is 19.7 Å². The van der Waals surface area contributed by atoms with Crippen LogP contribution in [0.4, 0.5) is 17.6 Å². The summed E-state index contributed by atoms with van der Waals surface area (Å²) >= 11 is 0. The maximum Gasteiger partial charge on any atom is 0.281 e. The Labute approximate surface area is 193 Å². The molecule has 1 fully saturated rings. The molecule has 1 aromatic heterocycles. The number of hydrogen-bond donors (Lipinski definition) is 2. The van der Waals surface area contributed by atoms with Gasteiger partial charge in [0.1, 0.15) is 18.1 Å². The van der Waals surface area contributed by atoms with E-state index in [0.717, 1.165) is 35.8 Å². The average molecular weight is 451 g/mol. The van der Waals surface area contributed by atoms with E-state index < -0.39 is 0 Å². The van der Waals surface area contributed by atoms with Crippen LogP contribution in [0.1, 0.15) is 37.0 Å². The second-order valence-corrected chi connectivity index (χ2v) is 8.25. The normalized spacial score (nSPS) is 13.9. The standard InChI is InChI=1S/C24H30N6O3/c1-17(2)33-21-9-5-18(6-10-21)22(31)30-23(25)27-24(28-30)26-19-7-11-20(12-8-19)32-16-15-29-13-3-4-14-29/h5-12,17H,3-4,13-16H2,1-2H3,(H3,25,26,27,28). The van der Waals surface area contributed by atoms with E-state index in [1.54, 1.807) is 24.3 Å². The minimum absolute atomic E-state index is 0.00636. The Morgan fingerprint density at radius 1 is 1.06 bits per heavy atom. The Bertz CT molecular complexity index is 1060. The summed E-state index contributed by atoms with van der Waals surface area (Å²) < 4.78 is 12.5. The molecule has 0 aliphatic carbocycles. The number of likely N-dealkylation sites (tertiary alicyclic amines) is 1. The predicted molar refractivity (Wildman–Crippen MR) is 127 cm³/mol. The number of anilines is 3. The number of carbonyl (C=O) groups excluding carboxylic acids is 1. The van der Waals surface area contributed by atoms with E-state index in [4.69, 9.17) is 15.2 Å². The van der Waals surface area contributed by atoms with Gasteiger partial charge in [-0.15, -0.1) is 5.10 Å². The fraction of sp³-hybridized carbons (Fsp3) is 0.375. The Morgan fingerprint density at radius 3 is 2.39 bits per heavy atom. The molecule has 0 bridgehead atoms. The van der Waals surface area contributed by atoms with Gasteiger partial charge >= 0.3 is 0 Å². The molecule has 0 spiro atoms. The van der Waals surface area contributed by atoms with Crippen molar-refractivity contribution < 1.29 is 14.3 Å². The van der Waals surface area contributed by atoms with Gasteiger partial charge in [0, 0.05) is 17.8 Å². The summed E-state index contributed by atoms with van der Waals surface area (Å²) in [6.45, 7) is 7.83. The number of benzene rings is 2. The predicted octanol–water partition coefficient (Wildman–Crippen LogP) is 3.55. The van der Waals surface area contributed by atoms with Crippen LogP contribution in [0.5, 0.6) is 11.5 Å². The summed E-state index contributed by atoms with van der Waals surface area (Å²) in [5.74, 6) is 1.37. The molecule has 174 valence electrons. The number of aromatic nitrogens is 3. The largest absolute Gasteiger partial charge is 0.492 e. The topological polar surface area (TPSA) is 108 Å². The SMILES string of the molecule is CC(C)Oc1ccc(C(=O)n2nc(Nc3ccc(OCCN4CCCC4)cc3)nc2N)cc1. The molecule has 3 aromatic rings. The summed E-state index contributed by atoms with van der Waals surface area (Å²) in [4.78, 5) is 19.4. The van der Waals surface area contributed by atoms with Crippen LogP contribution in [-0.4, -0.2) is 57.9 Å². The highest BCUT2D eigenvalue weighted by Crippen LogP contribution is 2.20. The van der Waals surface area contributed by atoms with Crippen LogP contribution in [0, 0.1) is 0 Å². The first-order chi connectivity index (χ1) is 16.0. The van der Waals surface area contributed by atoms with Gasteiger partial charge in [0.2, 0.25) is 11.9 Å². The molecule has 0 amide bonds. The van der Waals surface area contributed by atoms with E-state index in [-0.39, 0.29) is 23.9 Å². The van der Waals surface area contributed by atoms with Crippen molar-refractivity contribution in [3.8, 4) is 11.5 Å². The lowest BCUT2D eigenvalue weighted by atomic mass is 10.2. The Balaban J connectivity index is 1.34. The maximum atomic E-state index is 12.8. The highest BCUT2D eigenvalue weighted by Gasteiger charge is 2.16. The average Bonchev–Trinajstić information content (AvgIpc) is 3.44. The molecule has 9 heteroatoms. The first kappa shape index (κ1) is 22.6. The third-order valence-electron chi connectivity index (χ3n) is 5.28. The van der Waals surface area contributed by atoms with Gasteiger partial charge in [-0.1, -0.05) is 0 Å². The molecule has 1 aliphatic heterocycles. The molecule has 3 N–H and O–H groups in total. The molecule has 9 nitrogen and oxygen atoms in total. The summed E-state index contributed by atoms with van der Waals surface area (Å²) in [6, 6.07) is 14.4. The fourth-order valence-electron chi connectivity index (χ4n) is 3.66. The van der Waals surface area contributed by atoms with Crippen LogP contribution in [0.15, 0.2) is 48.5 Å². The number of nitrogens with two attached hydrogens (primary N) is 1. The summed E-state index contributed by atoms with van der Waals surface area (Å²) in [7, 11) is 0. The highest BCUT2D eigenvalue weighted by molar-refractivity contribution is 5.97. The molecule has 1 saturated heterocycles. The maximum absolute atomic E-state index is 12.8. The minimum Gasteiger partial charge on any atom is -0.492 e. The van der Waals surface area contributed by atoms with E-state index in [1.165, 1.54) is 12.8 Å². The molecule has 0 radical (unpaired) electrons. The fourth-order valence-corrected chi connectivity index (χ4v) is 3.66. The van der Waals surface area contributed by atoms with Crippen LogP contribution in [0.25, 0.3) is 0 Å². The van der Waals surface area contributed by atoms with Crippen LogP contribution in [0.2, 0.25) is 0 Å². The number of rotatable bonds is 9. The quantitative estimate of drug-likeness (QED) is 0.510. The summed E-state index contributed by atoms with van der Waals surface area (Å²) in [6.07, 6.45) is 2.61. The van der Waals surface area contributed by atoms with Gasteiger partial charge in [-0.3, -0.25) is 9.69 Å². The zero-order chi connectivity index (χ0) is 23.2.